The largest absolute Gasteiger partial charge is 0.285 e. The van der Waals surface area contributed by atoms with E-state index < -0.39 is 10.9 Å². The molecule has 0 aromatic heterocycles. The van der Waals surface area contributed by atoms with Gasteiger partial charge in [0.2, 0.25) is 10.9 Å². The Hall–Kier alpha value is -2.46. The highest BCUT2D eigenvalue weighted by Crippen LogP contribution is 2.16. The van der Waals surface area contributed by atoms with Gasteiger partial charge in [0.15, 0.2) is 0 Å². The SMILES string of the molecule is N#Cc1ccc(C#N)c2c(=O)c(=O)c12. The maximum atomic E-state index is 11.1. The van der Waals surface area contributed by atoms with E-state index in [-0.39, 0.29) is 21.9 Å². The zero-order valence-corrected chi connectivity index (χ0v) is 6.87. The maximum absolute atomic E-state index is 11.1. The molecule has 4 nitrogen and oxygen atoms in total. The zero-order valence-electron chi connectivity index (χ0n) is 6.87. The van der Waals surface area contributed by atoms with Gasteiger partial charge in [0, 0.05) is 0 Å². The van der Waals surface area contributed by atoms with E-state index in [1.165, 1.54) is 12.1 Å². The van der Waals surface area contributed by atoms with Crippen molar-refractivity contribution >= 4 is 10.8 Å². The molecule has 0 saturated carbocycles. The molecule has 0 N–H and O–H groups in total. The molecule has 0 radical (unpaired) electrons. The van der Waals surface area contributed by atoms with Crippen molar-refractivity contribution < 1.29 is 0 Å². The third-order valence-electron chi connectivity index (χ3n) is 2.11. The molecular weight excluding hydrogens is 180 g/mol. The van der Waals surface area contributed by atoms with Crippen LogP contribution >= 0.6 is 0 Å². The first-order valence-corrected chi connectivity index (χ1v) is 3.77. The summed E-state index contributed by atoms with van der Waals surface area (Å²) in [6.07, 6.45) is 0. The smallest absolute Gasteiger partial charge is 0.235 e. The lowest BCUT2D eigenvalue weighted by Crippen LogP contribution is -2.32. The molecule has 0 aliphatic carbocycles. The minimum Gasteiger partial charge on any atom is -0.285 e. The molecule has 2 aromatic carbocycles. The first-order chi connectivity index (χ1) is 6.70. The van der Waals surface area contributed by atoms with Crippen LogP contribution in [0.3, 0.4) is 0 Å². The molecule has 0 amide bonds. The summed E-state index contributed by atoms with van der Waals surface area (Å²) in [6, 6.07) is 6.37. The Kier molecular flexibility index (Phi) is 1.46. The molecule has 0 fully saturated rings. The summed E-state index contributed by atoms with van der Waals surface area (Å²) in [6.45, 7) is 0. The predicted molar refractivity (Wildman–Crippen MR) is 48.3 cm³/mol. The predicted octanol–water partition coefficient (Wildman–Crippen LogP) is 0.179. The van der Waals surface area contributed by atoms with Gasteiger partial charge in [-0.25, -0.2) is 0 Å². The van der Waals surface area contributed by atoms with Crippen molar-refractivity contribution in [1.82, 2.24) is 0 Å². The van der Waals surface area contributed by atoms with Crippen molar-refractivity contribution in [3.8, 4) is 12.1 Å². The number of fused-ring (bicyclic) bond motifs is 1. The Morgan fingerprint density at radius 1 is 0.857 bits per heavy atom. The van der Waals surface area contributed by atoms with Crippen molar-refractivity contribution in [2.45, 2.75) is 0 Å². The Labute approximate surface area is 77.9 Å². The van der Waals surface area contributed by atoms with E-state index in [0.29, 0.717) is 0 Å². The summed E-state index contributed by atoms with van der Waals surface area (Å²) < 4.78 is 0. The summed E-state index contributed by atoms with van der Waals surface area (Å²) in [5.41, 5.74) is -1.03. The molecule has 0 unspecified atom stereocenters. The fraction of sp³-hybridized carbons (Fsp3) is 0. The molecule has 14 heavy (non-hydrogen) atoms. The average molecular weight is 182 g/mol. The van der Waals surface area contributed by atoms with Crippen LogP contribution in [0.5, 0.6) is 0 Å². The van der Waals surface area contributed by atoms with Gasteiger partial charge in [-0.2, -0.15) is 10.5 Å². The minimum atomic E-state index is -0.673. The van der Waals surface area contributed by atoms with Crippen LogP contribution in [0.25, 0.3) is 10.8 Å². The number of hydrogen-bond acceptors (Lipinski definition) is 4. The molecule has 4 heteroatoms. The summed E-state index contributed by atoms with van der Waals surface area (Å²) in [4.78, 5) is 22.2. The first kappa shape index (κ1) is 8.15. The van der Waals surface area contributed by atoms with Gasteiger partial charge in [0.05, 0.1) is 34.0 Å². The molecule has 0 aliphatic heterocycles. The summed E-state index contributed by atoms with van der Waals surface area (Å²) in [5.74, 6) is 0. The minimum absolute atomic E-state index is 0.0940. The molecular formula is C10H2N2O2. The van der Waals surface area contributed by atoms with Crippen LogP contribution in [0.15, 0.2) is 21.7 Å². The topological polar surface area (TPSA) is 81.7 Å². The van der Waals surface area contributed by atoms with Crippen LogP contribution in [0.1, 0.15) is 11.1 Å². The van der Waals surface area contributed by atoms with Crippen LogP contribution in [0, 0.1) is 22.7 Å². The van der Waals surface area contributed by atoms with Crippen molar-refractivity contribution in [1.29, 1.82) is 10.5 Å². The second-order valence-electron chi connectivity index (χ2n) is 2.79. The van der Waals surface area contributed by atoms with Gasteiger partial charge in [-0.1, -0.05) is 0 Å². The van der Waals surface area contributed by atoms with E-state index >= 15 is 0 Å². The quantitative estimate of drug-likeness (QED) is 0.544. The monoisotopic (exact) mass is 182 g/mol. The normalized spacial score (nSPS) is 9.86. The highest BCUT2D eigenvalue weighted by atomic mass is 16.2. The van der Waals surface area contributed by atoms with Gasteiger partial charge >= 0.3 is 0 Å². The van der Waals surface area contributed by atoms with E-state index in [2.05, 4.69) is 0 Å². The van der Waals surface area contributed by atoms with Crippen LogP contribution < -0.4 is 10.9 Å². The van der Waals surface area contributed by atoms with E-state index in [1.54, 1.807) is 0 Å². The third kappa shape index (κ3) is 0.746. The Balaban J connectivity index is 3.07. The number of nitriles is 2. The first-order valence-electron chi connectivity index (χ1n) is 3.77. The van der Waals surface area contributed by atoms with Gasteiger partial charge in [-0.3, -0.25) is 9.59 Å². The molecule has 0 aliphatic rings. The van der Waals surface area contributed by atoms with Crippen molar-refractivity contribution in [3.05, 3.63) is 43.7 Å². The molecule has 2 aromatic rings. The zero-order chi connectivity index (χ0) is 10.3. The van der Waals surface area contributed by atoms with Crippen LogP contribution in [0.4, 0.5) is 0 Å². The third-order valence-corrected chi connectivity index (χ3v) is 2.11. The standard InChI is InChI=1S/C10H2N2O2/c11-3-5-1-2-6(4-12)8-7(5)9(13)10(8)14/h1-2H. The van der Waals surface area contributed by atoms with Crippen molar-refractivity contribution in [2.24, 2.45) is 0 Å². The van der Waals surface area contributed by atoms with Crippen LogP contribution in [0.2, 0.25) is 0 Å². The second kappa shape index (κ2) is 2.51. The van der Waals surface area contributed by atoms with Gasteiger partial charge < -0.3 is 0 Å². The van der Waals surface area contributed by atoms with Gasteiger partial charge in [0.1, 0.15) is 0 Å². The van der Waals surface area contributed by atoms with Gasteiger partial charge in [-0.15, -0.1) is 0 Å². The fourth-order valence-electron chi connectivity index (χ4n) is 1.43. The number of benzene rings is 1. The number of rotatable bonds is 0. The summed E-state index contributed by atoms with van der Waals surface area (Å²) in [5, 5.41) is 17.5. The number of hydrogen-bond donors (Lipinski definition) is 0. The molecule has 64 valence electrons. The highest BCUT2D eigenvalue weighted by Gasteiger charge is 2.19. The lowest BCUT2D eigenvalue weighted by atomic mass is 9.96. The maximum Gasteiger partial charge on any atom is 0.235 e. The summed E-state index contributed by atoms with van der Waals surface area (Å²) >= 11 is 0. The Morgan fingerprint density at radius 2 is 1.21 bits per heavy atom. The fourth-order valence-corrected chi connectivity index (χ4v) is 1.43. The van der Waals surface area contributed by atoms with E-state index in [4.69, 9.17) is 10.5 Å². The van der Waals surface area contributed by atoms with Crippen molar-refractivity contribution in [2.75, 3.05) is 0 Å². The van der Waals surface area contributed by atoms with E-state index in [1.807, 2.05) is 12.1 Å². The van der Waals surface area contributed by atoms with Gasteiger partial charge in [0.25, 0.3) is 0 Å². The average Bonchev–Trinajstić information content (AvgIpc) is 2.25. The van der Waals surface area contributed by atoms with Gasteiger partial charge in [-0.05, 0) is 12.1 Å². The lowest BCUT2D eigenvalue weighted by molar-refractivity contribution is 1.44. The molecule has 0 heterocycles. The van der Waals surface area contributed by atoms with E-state index in [9.17, 15) is 9.59 Å². The molecule has 0 atom stereocenters. The van der Waals surface area contributed by atoms with Crippen LogP contribution in [-0.2, 0) is 0 Å². The summed E-state index contributed by atoms with van der Waals surface area (Å²) in [7, 11) is 0. The molecule has 2 rings (SSSR count). The molecule has 0 bridgehead atoms. The number of nitrogens with zero attached hydrogens (tertiary/aromatic N) is 2. The van der Waals surface area contributed by atoms with Crippen LogP contribution in [-0.4, -0.2) is 0 Å². The molecule has 0 saturated heterocycles. The highest BCUT2D eigenvalue weighted by molar-refractivity contribution is 5.96. The van der Waals surface area contributed by atoms with Crippen molar-refractivity contribution in [3.63, 3.8) is 0 Å². The Bertz CT molecular complexity index is 630. The second-order valence-corrected chi connectivity index (χ2v) is 2.79. The Morgan fingerprint density at radius 3 is 1.50 bits per heavy atom. The molecule has 0 spiro atoms. The lowest BCUT2D eigenvalue weighted by Gasteiger charge is -2.01. The van der Waals surface area contributed by atoms with E-state index in [0.717, 1.165) is 0 Å².